The fraction of sp³-hybridized carbons (Fsp3) is 0.0625. The third kappa shape index (κ3) is 2.71. The maximum atomic E-state index is 11.7. The van der Waals surface area contributed by atoms with Crippen LogP contribution in [0.1, 0.15) is 11.7 Å². The smallest absolute Gasteiger partial charge is 0.228 e. The van der Waals surface area contributed by atoms with Gasteiger partial charge in [-0.2, -0.15) is 5.11 Å². The highest BCUT2D eigenvalue weighted by Crippen LogP contribution is 2.30. The molecule has 0 aliphatic rings. The topological polar surface area (TPSA) is 46.7 Å². The van der Waals surface area contributed by atoms with E-state index in [1.807, 2.05) is 24.3 Å². The van der Waals surface area contributed by atoms with Crippen molar-refractivity contribution in [1.29, 1.82) is 0 Å². The van der Waals surface area contributed by atoms with Crippen LogP contribution >= 0.6 is 11.6 Å². The Morgan fingerprint density at radius 3 is 2.48 bits per heavy atom. The first-order valence-corrected chi connectivity index (χ1v) is 6.81. The standard InChI is InChI=1S/C16H12ClN3O/c1-11(21)20-10-15(14-4-2-3-5-16(14)20)19-18-13-8-6-12(17)7-9-13/h2-10H,1H3. The molecule has 0 amide bonds. The fourth-order valence-electron chi connectivity index (χ4n) is 2.12. The molecule has 2 aromatic carbocycles. The Morgan fingerprint density at radius 1 is 1.05 bits per heavy atom. The lowest BCUT2D eigenvalue weighted by molar-refractivity contribution is 0.0941. The van der Waals surface area contributed by atoms with Crippen molar-refractivity contribution in [2.75, 3.05) is 0 Å². The predicted octanol–water partition coefficient (Wildman–Crippen LogP) is 5.37. The van der Waals surface area contributed by atoms with E-state index >= 15 is 0 Å². The molecule has 4 nitrogen and oxygen atoms in total. The highest BCUT2D eigenvalue weighted by atomic mass is 35.5. The van der Waals surface area contributed by atoms with Crippen LogP contribution in [0.5, 0.6) is 0 Å². The molecule has 0 saturated carbocycles. The number of rotatable bonds is 2. The number of fused-ring (bicyclic) bond motifs is 1. The molecular formula is C16H12ClN3O. The lowest BCUT2D eigenvalue weighted by Gasteiger charge is -1.96. The average Bonchev–Trinajstić information content (AvgIpc) is 2.86. The van der Waals surface area contributed by atoms with Crippen LogP contribution in [0.3, 0.4) is 0 Å². The Morgan fingerprint density at radius 2 is 1.76 bits per heavy atom. The van der Waals surface area contributed by atoms with Gasteiger partial charge in [0.05, 0.1) is 11.2 Å². The summed E-state index contributed by atoms with van der Waals surface area (Å²) in [6, 6.07) is 14.7. The Balaban J connectivity index is 2.04. The van der Waals surface area contributed by atoms with Gasteiger partial charge < -0.3 is 0 Å². The average molecular weight is 298 g/mol. The van der Waals surface area contributed by atoms with E-state index in [1.54, 1.807) is 35.0 Å². The number of hydrogen-bond donors (Lipinski definition) is 0. The van der Waals surface area contributed by atoms with Crippen molar-refractivity contribution < 1.29 is 4.79 Å². The summed E-state index contributed by atoms with van der Waals surface area (Å²) < 4.78 is 1.57. The van der Waals surface area contributed by atoms with E-state index in [-0.39, 0.29) is 5.91 Å². The minimum atomic E-state index is -0.0563. The monoisotopic (exact) mass is 297 g/mol. The van der Waals surface area contributed by atoms with E-state index in [1.165, 1.54) is 6.92 Å². The zero-order chi connectivity index (χ0) is 14.8. The van der Waals surface area contributed by atoms with E-state index in [9.17, 15) is 4.79 Å². The first-order valence-electron chi connectivity index (χ1n) is 6.43. The highest BCUT2D eigenvalue weighted by Gasteiger charge is 2.09. The van der Waals surface area contributed by atoms with Crippen molar-refractivity contribution >= 4 is 39.8 Å². The summed E-state index contributed by atoms with van der Waals surface area (Å²) in [5.41, 5.74) is 2.20. The maximum Gasteiger partial charge on any atom is 0.228 e. The zero-order valence-electron chi connectivity index (χ0n) is 11.3. The molecule has 0 aliphatic carbocycles. The van der Waals surface area contributed by atoms with Gasteiger partial charge in [-0.05, 0) is 30.3 Å². The number of benzene rings is 2. The summed E-state index contributed by atoms with van der Waals surface area (Å²) in [7, 11) is 0. The molecule has 0 fully saturated rings. The van der Waals surface area contributed by atoms with Crippen molar-refractivity contribution in [3.63, 3.8) is 0 Å². The summed E-state index contributed by atoms with van der Waals surface area (Å²) in [5.74, 6) is -0.0563. The number of hydrogen-bond acceptors (Lipinski definition) is 3. The van der Waals surface area contributed by atoms with Crippen LogP contribution in [0.15, 0.2) is 65.0 Å². The van der Waals surface area contributed by atoms with E-state index in [2.05, 4.69) is 10.2 Å². The fourth-order valence-corrected chi connectivity index (χ4v) is 2.25. The summed E-state index contributed by atoms with van der Waals surface area (Å²) >= 11 is 5.83. The maximum absolute atomic E-state index is 11.7. The normalized spacial score (nSPS) is 11.3. The third-order valence-corrected chi connectivity index (χ3v) is 3.38. The van der Waals surface area contributed by atoms with Gasteiger partial charge in [-0.3, -0.25) is 9.36 Å². The number of carbonyl (C=O) groups is 1. The van der Waals surface area contributed by atoms with Crippen molar-refractivity contribution in [3.8, 4) is 0 Å². The molecule has 3 aromatic rings. The van der Waals surface area contributed by atoms with Crippen molar-refractivity contribution in [3.05, 3.63) is 59.8 Å². The Kier molecular flexibility index (Phi) is 3.54. The van der Waals surface area contributed by atoms with Crippen molar-refractivity contribution in [2.24, 2.45) is 10.2 Å². The summed E-state index contributed by atoms with van der Waals surface area (Å²) in [4.78, 5) is 11.7. The zero-order valence-corrected chi connectivity index (χ0v) is 12.1. The molecule has 21 heavy (non-hydrogen) atoms. The van der Waals surface area contributed by atoms with Crippen LogP contribution in [0.25, 0.3) is 10.9 Å². The molecule has 0 saturated heterocycles. The third-order valence-electron chi connectivity index (χ3n) is 3.13. The molecule has 0 unspecified atom stereocenters. The molecule has 0 spiro atoms. The molecule has 1 heterocycles. The molecule has 104 valence electrons. The van der Waals surface area contributed by atoms with Crippen molar-refractivity contribution in [1.82, 2.24) is 4.57 Å². The Hall–Kier alpha value is -2.46. The largest absolute Gasteiger partial charge is 0.285 e. The number of para-hydroxylation sites is 1. The van der Waals surface area contributed by atoms with Crippen LogP contribution in [0.2, 0.25) is 5.02 Å². The van der Waals surface area contributed by atoms with Gasteiger partial charge in [0, 0.05) is 23.5 Å². The number of aromatic nitrogens is 1. The first-order chi connectivity index (χ1) is 10.1. The van der Waals surface area contributed by atoms with Crippen LogP contribution in [-0.4, -0.2) is 10.5 Å². The van der Waals surface area contributed by atoms with Crippen LogP contribution < -0.4 is 0 Å². The number of carbonyl (C=O) groups excluding carboxylic acids is 1. The number of halogens is 1. The van der Waals surface area contributed by atoms with Crippen LogP contribution in [-0.2, 0) is 0 Å². The SMILES string of the molecule is CC(=O)n1cc(N=Nc2ccc(Cl)cc2)c2ccccc21. The number of azo groups is 1. The lowest BCUT2D eigenvalue weighted by Crippen LogP contribution is -2.02. The van der Waals surface area contributed by atoms with Gasteiger partial charge in [-0.25, -0.2) is 0 Å². The molecule has 3 rings (SSSR count). The van der Waals surface area contributed by atoms with Crippen molar-refractivity contribution in [2.45, 2.75) is 6.92 Å². The summed E-state index contributed by atoms with van der Waals surface area (Å²) in [6.07, 6.45) is 1.70. The number of nitrogens with zero attached hydrogens (tertiary/aromatic N) is 3. The van der Waals surface area contributed by atoms with Gasteiger partial charge in [0.2, 0.25) is 5.91 Å². The van der Waals surface area contributed by atoms with E-state index in [4.69, 9.17) is 11.6 Å². The molecule has 0 N–H and O–H groups in total. The van der Waals surface area contributed by atoms with Gasteiger partial charge >= 0.3 is 0 Å². The van der Waals surface area contributed by atoms with Crippen LogP contribution in [0.4, 0.5) is 11.4 Å². The molecule has 5 heteroatoms. The quantitative estimate of drug-likeness (QED) is 0.586. The minimum absolute atomic E-state index is 0.0563. The minimum Gasteiger partial charge on any atom is -0.285 e. The summed E-state index contributed by atoms with van der Waals surface area (Å²) in [6.45, 7) is 1.52. The second kappa shape index (κ2) is 5.50. The molecule has 0 bridgehead atoms. The molecule has 0 aliphatic heterocycles. The highest BCUT2D eigenvalue weighted by molar-refractivity contribution is 6.30. The molecule has 0 atom stereocenters. The van der Waals surface area contributed by atoms with Gasteiger partial charge in [-0.15, -0.1) is 5.11 Å². The predicted molar refractivity (Wildman–Crippen MR) is 83.9 cm³/mol. The van der Waals surface area contributed by atoms with Gasteiger partial charge in [-0.1, -0.05) is 29.8 Å². The van der Waals surface area contributed by atoms with Gasteiger partial charge in [0.1, 0.15) is 5.69 Å². The molecular weight excluding hydrogens is 286 g/mol. The first kappa shape index (κ1) is 13.5. The Labute approximate surface area is 126 Å². The summed E-state index contributed by atoms with van der Waals surface area (Å²) in [5, 5.41) is 9.98. The van der Waals surface area contributed by atoms with E-state index < -0.39 is 0 Å². The molecule has 0 radical (unpaired) electrons. The van der Waals surface area contributed by atoms with Gasteiger partial charge in [0.15, 0.2) is 0 Å². The Bertz CT molecular complexity index is 834. The van der Waals surface area contributed by atoms with E-state index in [0.29, 0.717) is 16.4 Å². The molecule has 1 aromatic heterocycles. The lowest BCUT2D eigenvalue weighted by atomic mass is 10.2. The second-order valence-electron chi connectivity index (χ2n) is 4.60. The second-order valence-corrected chi connectivity index (χ2v) is 5.03. The van der Waals surface area contributed by atoms with E-state index in [0.717, 1.165) is 10.9 Å². The van der Waals surface area contributed by atoms with Crippen LogP contribution in [0, 0.1) is 0 Å². The van der Waals surface area contributed by atoms with Gasteiger partial charge in [0.25, 0.3) is 0 Å².